The average Bonchev–Trinajstić information content (AvgIpc) is 3.73. The van der Waals surface area contributed by atoms with Crippen molar-refractivity contribution >= 4 is 5.97 Å². The molecular formula is C30H34N8O3. The zero-order valence-corrected chi connectivity index (χ0v) is 23.6. The fourth-order valence-electron chi connectivity index (χ4n) is 5.02. The Labute approximate surface area is 237 Å². The highest BCUT2D eigenvalue weighted by Gasteiger charge is 2.23. The van der Waals surface area contributed by atoms with E-state index in [4.69, 9.17) is 4.74 Å². The van der Waals surface area contributed by atoms with Gasteiger partial charge in [-0.2, -0.15) is 5.21 Å². The Kier molecular flexibility index (Phi) is 8.52. The number of esters is 1. The first-order valence-corrected chi connectivity index (χ1v) is 14.0. The summed E-state index contributed by atoms with van der Waals surface area (Å²) in [7, 11) is 0. The Bertz CT molecular complexity index is 1660. The summed E-state index contributed by atoms with van der Waals surface area (Å²) in [5, 5.41) is 14.2. The van der Waals surface area contributed by atoms with Crippen molar-refractivity contribution in [3.05, 3.63) is 88.5 Å². The number of aromatic amines is 1. The highest BCUT2D eigenvalue weighted by atomic mass is 16.5. The van der Waals surface area contributed by atoms with Crippen LogP contribution >= 0.6 is 0 Å². The third-order valence-electron chi connectivity index (χ3n) is 7.00. The molecule has 0 radical (unpaired) electrons. The third kappa shape index (κ3) is 5.74. The van der Waals surface area contributed by atoms with Gasteiger partial charge in [0.25, 0.3) is 0 Å². The van der Waals surface area contributed by atoms with Crippen LogP contribution in [0.3, 0.4) is 0 Å². The summed E-state index contributed by atoms with van der Waals surface area (Å²) in [6.45, 7) is 7.23. The first-order chi connectivity index (χ1) is 20.0. The van der Waals surface area contributed by atoms with Gasteiger partial charge in [-0.15, -0.1) is 10.2 Å². The average molecular weight is 555 g/mol. The van der Waals surface area contributed by atoms with Gasteiger partial charge in [0.1, 0.15) is 11.4 Å². The number of aromatic nitrogens is 8. The second-order valence-corrected chi connectivity index (χ2v) is 9.78. The molecule has 4 heterocycles. The van der Waals surface area contributed by atoms with Gasteiger partial charge in [-0.3, -0.25) is 14.1 Å². The van der Waals surface area contributed by atoms with Gasteiger partial charge in [0, 0.05) is 42.6 Å². The van der Waals surface area contributed by atoms with Crippen LogP contribution in [0.5, 0.6) is 0 Å². The molecule has 0 bridgehead atoms. The Morgan fingerprint density at radius 2 is 1.83 bits per heavy atom. The first-order valence-electron chi connectivity index (χ1n) is 14.0. The zero-order chi connectivity index (χ0) is 28.8. The quantitative estimate of drug-likeness (QED) is 0.222. The third-order valence-corrected chi connectivity index (χ3v) is 7.00. The molecule has 5 aromatic rings. The molecule has 0 unspecified atom stereocenters. The Morgan fingerprint density at radius 1 is 1.02 bits per heavy atom. The van der Waals surface area contributed by atoms with E-state index >= 15 is 0 Å². The van der Waals surface area contributed by atoms with Crippen molar-refractivity contribution in [1.82, 2.24) is 39.3 Å². The van der Waals surface area contributed by atoms with E-state index in [0.29, 0.717) is 30.3 Å². The lowest BCUT2D eigenvalue weighted by Gasteiger charge is -2.12. The second-order valence-electron chi connectivity index (χ2n) is 9.78. The van der Waals surface area contributed by atoms with E-state index in [9.17, 15) is 9.59 Å². The Hall–Kier alpha value is -4.80. The van der Waals surface area contributed by atoms with Crippen molar-refractivity contribution in [2.75, 3.05) is 6.61 Å². The van der Waals surface area contributed by atoms with Gasteiger partial charge in [-0.1, -0.05) is 44.5 Å². The van der Waals surface area contributed by atoms with E-state index in [2.05, 4.69) is 39.5 Å². The molecule has 5 rings (SSSR count). The van der Waals surface area contributed by atoms with E-state index in [-0.39, 0.29) is 12.3 Å². The Morgan fingerprint density at radius 3 is 2.54 bits per heavy atom. The number of unbranched alkanes of at least 4 members (excludes halogenated alkanes) is 1. The predicted molar refractivity (Wildman–Crippen MR) is 155 cm³/mol. The molecule has 11 heteroatoms. The largest absolute Gasteiger partial charge is 0.462 e. The van der Waals surface area contributed by atoms with Crippen LogP contribution in [-0.4, -0.2) is 51.9 Å². The van der Waals surface area contributed by atoms with Gasteiger partial charge in [-0.05, 0) is 60.2 Å². The molecule has 0 aliphatic carbocycles. The molecule has 1 N–H and O–H groups in total. The minimum Gasteiger partial charge on any atom is -0.462 e. The van der Waals surface area contributed by atoms with Gasteiger partial charge in [0.2, 0.25) is 5.82 Å². The summed E-state index contributed by atoms with van der Waals surface area (Å²) in [5.74, 6) is 0.621. The molecular weight excluding hydrogens is 520 g/mol. The summed E-state index contributed by atoms with van der Waals surface area (Å²) in [6.07, 6.45) is 10.8. The SMILES string of the molecule is CCCCc1cn(-c2c(C(=O)OCC)ccn2CCC)c(=O)n1Cc1cnccc1-c1ccc(-c2nn[nH]n2)cc1. The predicted octanol–water partition coefficient (Wildman–Crippen LogP) is 4.66. The number of ether oxygens (including phenoxy) is 1. The fourth-order valence-corrected chi connectivity index (χ4v) is 5.02. The lowest BCUT2D eigenvalue weighted by molar-refractivity contribution is 0.0526. The molecule has 0 amide bonds. The maximum atomic E-state index is 14.1. The number of rotatable bonds is 12. The number of aryl methyl sites for hydroxylation is 2. The standard InChI is InChI=1S/C30H34N8O3/c1-4-7-8-24-20-38(28-26(29(39)41-6-3)14-17-36(28)16-5-2)30(40)37(24)19-23-18-31-15-13-25(23)21-9-11-22(12-10-21)27-32-34-35-33-27/h9-15,17-18,20H,4-8,16,19H2,1-3H3,(H,32,33,34,35). The molecule has 212 valence electrons. The number of pyridine rings is 1. The van der Waals surface area contributed by atoms with Crippen molar-refractivity contribution < 1.29 is 9.53 Å². The minimum absolute atomic E-state index is 0.208. The molecule has 0 spiro atoms. The van der Waals surface area contributed by atoms with Gasteiger partial charge in [0.15, 0.2) is 0 Å². The number of imidazole rings is 1. The Balaban J connectivity index is 1.57. The lowest BCUT2D eigenvalue weighted by atomic mass is 10.00. The number of carbonyl (C=O) groups is 1. The van der Waals surface area contributed by atoms with Gasteiger partial charge in [-0.25, -0.2) is 9.59 Å². The number of hydrogen-bond donors (Lipinski definition) is 1. The van der Waals surface area contributed by atoms with Crippen molar-refractivity contribution in [1.29, 1.82) is 0 Å². The van der Waals surface area contributed by atoms with Crippen molar-refractivity contribution in [2.24, 2.45) is 0 Å². The molecule has 4 aromatic heterocycles. The minimum atomic E-state index is -0.439. The van der Waals surface area contributed by atoms with Crippen LogP contribution in [0.1, 0.15) is 61.6 Å². The van der Waals surface area contributed by atoms with Crippen molar-refractivity contribution in [2.45, 2.75) is 59.5 Å². The number of benzene rings is 1. The fraction of sp³-hybridized carbons (Fsp3) is 0.333. The van der Waals surface area contributed by atoms with Crippen LogP contribution in [0, 0.1) is 0 Å². The molecule has 41 heavy (non-hydrogen) atoms. The maximum Gasteiger partial charge on any atom is 0.341 e. The number of hydrogen-bond acceptors (Lipinski definition) is 7. The summed E-state index contributed by atoms with van der Waals surface area (Å²) in [4.78, 5) is 31.3. The molecule has 0 aliphatic rings. The molecule has 0 saturated heterocycles. The van der Waals surface area contributed by atoms with E-state index in [1.165, 1.54) is 0 Å². The number of H-pyrrole nitrogens is 1. The van der Waals surface area contributed by atoms with Gasteiger partial charge >= 0.3 is 11.7 Å². The smallest absolute Gasteiger partial charge is 0.341 e. The van der Waals surface area contributed by atoms with Crippen LogP contribution in [0.15, 0.2) is 66.0 Å². The van der Waals surface area contributed by atoms with E-state index in [1.807, 2.05) is 47.3 Å². The van der Waals surface area contributed by atoms with Crippen LogP contribution in [-0.2, 0) is 24.2 Å². The van der Waals surface area contributed by atoms with Crippen molar-refractivity contribution in [3.63, 3.8) is 0 Å². The van der Waals surface area contributed by atoms with Crippen molar-refractivity contribution in [3.8, 4) is 28.3 Å². The van der Waals surface area contributed by atoms with Crippen LogP contribution in [0.2, 0.25) is 0 Å². The lowest BCUT2D eigenvalue weighted by Crippen LogP contribution is -2.27. The number of tetrazole rings is 1. The zero-order valence-electron chi connectivity index (χ0n) is 23.6. The summed E-state index contributed by atoms with van der Waals surface area (Å²) >= 11 is 0. The molecule has 0 aliphatic heterocycles. The molecule has 0 atom stereocenters. The normalized spacial score (nSPS) is 11.2. The van der Waals surface area contributed by atoms with Gasteiger partial charge in [0.05, 0.1) is 13.2 Å². The summed E-state index contributed by atoms with van der Waals surface area (Å²) in [6, 6.07) is 11.6. The molecule has 0 saturated carbocycles. The number of nitrogens with zero attached hydrogens (tertiary/aromatic N) is 7. The summed E-state index contributed by atoms with van der Waals surface area (Å²) in [5.41, 5.74) is 4.79. The van der Waals surface area contributed by atoms with Crippen LogP contribution < -0.4 is 5.69 Å². The highest BCUT2D eigenvalue weighted by molar-refractivity contribution is 5.93. The molecule has 11 nitrogen and oxygen atoms in total. The van der Waals surface area contributed by atoms with Crippen LogP contribution in [0.4, 0.5) is 0 Å². The topological polar surface area (TPSA) is 126 Å². The molecule has 1 aromatic carbocycles. The van der Waals surface area contributed by atoms with E-state index in [0.717, 1.165) is 53.6 Å². The van der Waals surface area contributed by atoms with E-state index < -0.39 is 5.97 Å². The van der Waals surface area contributed by atoms with Crippen LogP contribution in [0.25, 0.3) is 28.3 Å². The van der Waals surface area contributed by atoms with Gasteiger partial charge < -0.3 is 9.30 Å². The number of nitrogens with one attached hydrogen (secondary N) is 1. The highest BCUT2D eigenvalue weighted by Crippen LogP contribution is 2.27. The second kappa shape index (κ2) is 12.6. The first kappa shape index (κ1) is 27.8. The monoisotopic (exact) mass is 554 g/mol. The van der Waals surface area contributed by atoms with E-state index in [1.54, 1.807) is 34.5 Å². The number of carbonyl (C=O) groups excluding carboxylic acids is 1. The summed E-state index contributed by atoms with van der Waals surface area (Å²) < 4.78 is 10.7. The molecule has 0 fully saturated rings. The maximum absolute atomic E-state index is 14.1.